The summed E-state index contributed by atoms with van der Waals surface area (Å²) in [5.41, 5.74) is 1.68. The Morgan fingerprint density at radius 1 is 1.12 bits per heavy atom. The molecule has 8 heteroatoms. The van der Waals surface area contributed by atoms with Crippen molar-refractivity contribution in [3.8, 4) is 0 Å². The van der Waals surface area contributed by atoms with Crippen molar-refractivity contribution >= 4 is 40.9 Å². The molecule has 4 rings (SSSR count). The maximum absolute atomic E-state index is 14.6. The van der Waals surface area contributed by atoms with Gasteiger partial charge in [0.15, 0.2) is 0 Å². The lowest BCUT2D eigenvalue weighted by atomic mass is 10.1. The number of carbonyl (C=O) groups is 2. The summed E-state index contributed by atoms with van der Waals surface area (Å²) in [6, 6.07) is 16.9. The summed E-state index contributed by atoms with van der Waals surface area (Å²) >= 11 is 7.71. The molecule has 0 aromatic heterocycles. The van der Waals surface area contributed by atoms with Crippen molar-refractivity contribution in [2.45, 2.75) is 22.8 Å². The van der Waals surface area contributed by atoms with Crippen molar-refractivity contribution in [2.24, 2.45) is 0 Å². The number of carbonyl (C=O) groups excluding carboxylic acids is 2. The third kappa shape index (κ3) is 5.05. The van der Waals surface area contributed by atoms with Gasteiger partial charge in [-0.3, -0.25) is 9.59 Å². The maximum atomic E-state index is 14.6. The highest BCUT2D eigenvalue weighted by Gasteiger charge is 2.29. The standard InChI is InChI=1S/C25H22ClFN2O3S/c1-32-13-5-12-28-24(30)16-10-11-23-21(14-16)29(15-18-19(26)7-4-8-20(18)27)25(31)17-6-2-3-9-22(17)33-23/h2-4,6-11,14H,5,12-13,15H2,1H3,(H,28,30). The maximum Gasteiger partial charge on any atom is 0.259 e. The Labute approximate surface area is 200 Å². The average molecular weight is 485 g/mol. The number of hydrogen-bond acceptors (Lipinski definition) is 4. The number of benzene rings is 3. The van der Waals surface area contributed by atoms with Crippen LogP contribution in [-0.4, -0.2) is 32.1 Å². The smallest absolute Gasteiger partial charge is 0.259 e. The molecule has 170 valence electrons. The van der Waals surface area contributed by atoms with Crippen LogP contribution in [-0.2, 0) is 11.3 Å². The second kappa shape index (κ2) is 10.4. The molecule has 0 spiro atoms. The molecule has 5 nitrogen and oxygen atoms in total. The number of methoxy groups -OCH3 is 1. The lowest BCUT2D eigenvalue weighted by Crippen LogP contribution is -2.31. The van der Waals surface area contributed by atoms with Gasteiger partial charge in [-0.2, -0.15) is 0 Å². The minimum absolute atomic E-state index is 0.0643. The number of hydrogen-bond donors (Lipinski definition) is 1. The van der Waals surface area contributed by atoms with E-state index in [-0.39, 0.29) is 28.9 Å². The monoisotopic (exact) mass is 484 g/mol. The van der Waals surface area contributed by atoms with Gasteiger partial charge in [-0.05, 0) is 48.9 Å². The van der Waals surface area contributed by atoms with E-state index in [4.69, 9.17) is 16.3 Å². The van der Waals surface area contributed by atoms with Gasteiger partial charge in [0.1, 0.15) is 5.82 Å². The molecule has 2 amide bonds. The van der Waals surface area contributed by atoms with Crippen LogP contribution in [0.15, 0.2) is 70.5 Å². The van der Waals surface area contributed by atoms with E-state index in [9.17, 15) is 14.0 Å². The minimum atomic E-state index is -0.492. The molecule has 0 aliphatic carbocycles. The first-order valence-electron chi connectivity index (χ1n) is 10.4. The zero-order chi connectivity index (χ0) is 23.4. The SMILES string of the molecule is COCCCNC(=O)c1ccc2c(c1)N(Cc1c(F)cccc1Cl)C(=O)c1ccccc1S2. The summed E-state index contributed by atoms with van der Waals surface area (Å²) in [4.78, 5) is 29.4. The van der Waals surface area contributed by atoms with Crippen molar-refractivity contribution in [1.29, 1.82) is 0 Å². The highest BCUT2D eigenvalue weighted by Crippen LogP contribution is 2.42. The molecular formula is C25H22ClFN2O3S. The molecule has 0 bridgehead atoms. The van der Waals surface area contributed by atoms with Crippen molar-refractivity contribution in [3.05, 3.63) is 88.2 Å². The van der Waals surface area contributed by atoms with Gasteiger partial charge >= 0.3 is 0 Å². The minimum Gasteiger partial charge on any atom is -0.385 e. The van der Waals surface area contributed by atoms with Gasteiger partial charge in [0.2, 0.25) is 0 Å². The Balaban J connectivity index is 1.74. The van der Waals surface area contributed by atoms with E-state index < -0.39 is 5.82 Å². The molecule has 1 heterocycles. The molecule has 0 fully saturated rings. The second-order valence-electron chi connectivity index (χ2n) is 7.47. The van der Waals surface area contributed by atoms with Crippen LogP contribution < -0.4 is 10.2 Å². The van der Waals surface area contributed by atoms with Crippen molar-refractivity contribution < 1.29 is 18.7 Å². The van der Waals surface area contributed by atoms with E-state index in [0.717, 1.165) is 9.79 Å². The highest BCUT2D eigenvalue weighted by molar-refractivity contribution is 7.99. The predicted octanol–water partition coefficient (Wildman–Crippen LogP) is 5.56. The molecule has 3 aromatic carbocycles. The van der Waals surface area contributed by atoms with Gasteiger partial charge in [-0.15, -0.1) is 0 Å². The molecule has 1 aliphatic rings. The lowest BCUT2D eigenvalue weighted by Gasteiger charge is -2.24. The quantitative estimate of drug-likeness (QED) is 0.446. The summed E-state index contributed by atoms with van der Waals surface area (Å²) < 4.78 is 19.6. The van der Waals surface area contributed by atoms with Crippen LogP contribution in [0.1, 0.15) is 32.7 Å². The van der Waals surface area contributed by atoms with Crippen LogP contribution in [0.4, 0.5) is 10.1 Å². The van der Waals surface area contributed by atoms with Crippen LogP contribution in [0, 0.1) is 5.82 Å². The fourth-order valence-electron chi connectivity index (χ4n) is 3.58. The summed E-state index contributed by atoms with van der Waals surface area (Å²) in [5.74, 6) is -1.03. The third-order valence-corrected chi connectivity index (χ3v) is 6.78. The molecule has 1 aliphatic heterocycles. The molecule has 0 unspecified atom stereocenters. The van der Waals surface area contributed by atoms with E-state index in [1.54, 1.807) is 37.4 Å². The lowest BCUT2D eigenvalue weighted by molar-refractivity contribution is 0.0945. The fraction of sp³-hybridized carbons (Fsp3) is 0.200. The summed E-state index contributed by atoms with van der Waals surface area (Å²) in [5, 5.41) is 3.09. The van der Waals surface area contributed by atoms with E-state index in [1.165, 1.54) is 28.8 Å². The molecule has 0 saturated heterocycles. The van der Waals surface area contributed by atoms with Crippen LogP contribution in [0.25, 0.3) is 0 Å². The van der Waals surface area contributed by atoms with E-state index in [1.807, 2.05) is 18.2 Å². The number of anilines is 1. The van der Waals surface area contributed by atoms with Crippen molar-refractivity contribution in [3.63, 3.8) is 0 Å². The first-order chi connectivity index (χ1) is 16.0. The predicted molar refractivity (Wildman–Crippen MR) is 128 cm³/mol. The van der Waals surface area contributed by atoms with Crippen LogP contribution in [0.5, 0.6) is 0 Å². The largest absolute Gasteiger partial charge is 0.385 e. The molecule has 33 heavy (non-hydrogen) atoms. The van der Waals surface area contributed by atoms with Crippen molar-refractivity contribution in [1.82, 2.24) is 5.32 Å². The van der Waals surface area contributed by atoms with E-state index >= 15 is 0 Å². The Kier molecular flexibility index (Phi) is 7.33. The number of amides is 2. The highest BCUT2D eigenvalue weighted by atomic mass is 35.5. The summed E-state index contributed by atoms with van der Waals surface area (Å²) in [6.45, 7) is 0.952. The zero-order valence-electron chi connectivity index (χ0n) is 17.9. The number of rotatable bonds is 7. The van der Waals surface area contributed by atoms with Gasteiger partial charge in [0.05, 0.1) is 17.8 Å². The second-order valence-corrected chi connectivity index (χ2v) is 8.97. The zero-order valence-corrected chi connectivity index (χ0v) is 19.5. The summed E-state index contributed by atoms with van der Waals surface area (Å²) in [7, 11) is 1.61. The fourth-order valence-corrected chi connectivity index (χ4v) is 4.86. The number of halogens is 2. The number of nitrogens with zero attached hydrogens (tertiary/aromatic N) is 1. The molecular weight excluding hydrogens is 463 g/mol. The van der Waals surface area contributed by atoms with Crippen molar-refractivity contribution in [2.75, 3.05) is 25.2 Å². The van der Waals surface area contributed by atoms with Gasteiger partial charge in [-0.1, -0.05) is 41.6 Å². The molecule has 3 aromatic rings. The Bertz CT molecular complexity index is 1180. The normalized spacial score (nSPS) is 12.7. The Morgan fingerprint density at radius 2 is 1.94 bits per heavy atom. The Morgan fingerprint density at radius 3 is 2.73 bits per heavy atom. The Hall–Kier alpha value is -2.87. The number of fused-ring (bicyclic) bond motifs is 2. The first-order valence-corrected chi connectivity index (χ1v) is 11.6. The van der Waals surface area contributed by atoms with Gasteiger partial charge < -0.3 is 15.0 Å². The molecule has 1 N–H and O–H groups in total. The third-order valence-electron chi connectivity index (χ3n) is 5.28. The van der Waals surface area contributed by atoms with Crippen LogP contribution >= 0.6 is 23.4 Å². The van der Waals surface area contributed by atoms with Gasteiger partial charge in [0, 0.05) is 46.2 Å². The van der Waals surface area contributed by atoms with Gasteiger partial charge in [-0.25, -0.2) is 4.39 Å². The van der Waals surface area contributed by atoms with Crippen LogP contribution in [0.2, 0.25) is 5.02 Å². The first kappa shape index (κ1) is 23.3. The number of ether oxygens (including phenoxy) is 1. The molecule has 0 atom stereocenters. The van der Waals surface area contributed by atoms with Crippen LogP contribution in [0.3, 0.4) is 0 Å². The van der Waals surface area contributed by atoms with Gasteiger partial charge in [0.25, 0.3) is 11.8 Å². The summed E-state index contributed by atoms with van der Waals surface area (Å²) in [6.07, 6.45) is 0.689. The van der Waals surface area contributed by atoms with E-state index in [0.29, 0.717) is 36.4 Å². The topological polar surface area (TPSA) is 58.6 Å². The van der Waals surface area contributed by atoms with E-state index in [2.05, 4.69) is 5.32 Å². The average Bonchev–Trinajstić information content (AvgIpc) is 2.93. The molecule has 0 radical (unpaired) electrons. The molecule has 0 saturated carbocycles. The number of nitrogens with one attached hydrogen (secondary N) is 1.